The number of rotatable bonds is 3. The number of alkyl halides is 3. The number of hydrogen-bond donors (Lipinski definition) is 1. The fraction of sp³-hybridized carbons (Fsp3) is 0.333. The van der Waals surface area contributed by atoms with E-state index in [1.54, 1.807) is 24.3 Å². The van der Waals surface area contributed by atoms with Gasteiger partial charge in [-0.2, -0.15) is 13.2 Å². The van der Waals surface area contributed by atoms with E-state index < -0.39 is 11.7 Å². The molecule has 1 aromatic carbocycles. The van der Waals surface area contributed by atoms with Gasteiger partial charge in [0.2, 0.25) is 5.91 Å². The molecule has 2 aromatic rings. The zero-order chi connectivity index (χ0) is 18.7. The van der Waals surface area contributed by atoms with Crippen LogP contribution in [0.3, 0.4) is 0 Å². The van der Waals surface area contributed by atoms with Gasteiger partial charge in [-0.05, 0) is 31.0 Å². The lowest BCUT2D eigenvalue weighted by atomic mass is 9.95. The second kappa shape index (κ2) is 7.53. The lowest BCUT2D eigenvalue weighted by Crippen LogP contribution is -2.40. The summed E-state index contributed by atoms with van der Waals surface area (Å²) in [6, 6.07) is 9.52. The molecule has 8 heteroatoms. The van der Waals surface area contributed by atoms with E-state index in [0.29, 0.717) is 42.5 Å². The van der Waals surface area contributed by atoms with Crippen LogP contribution in [0.25, 0.3) is 0 Å². The van der Waals surface area contributed by atoms with E-state index in [2.05, 4.69) is 10.3 Å². The Morgan fingerprint density at radius 2 is 1.85 bits per heavy atom. The summed E-state index contributed by atoms with van der Waals surface area (Å²) in [4.78, 5) is 17.0. The molecule has 138 valence electrons. The molecule has 2 heterocycles. The summed E-state index contributed by atoms with van der Waals surface area (Å²) in [5.74, 6) is 0.370. The number of halogens is 4. The predicted molar refractivity (Wildman–Crippen MR) is 93.0 cm³/mol. The molecule has 0 unspecified atom stereocenters. The Hall–Kier alpha value is -2.28. The SMILES string of the molecule is O=C(Nc1ccccc1Cl)C1CCN(c2ccc(C(F)(F)F)c[nH+]2)CC1. The second-order valence-corrected chi connectivity index (χ2v) is 6.60. The maximum atomic E-state index is 12.6. The number of aromatic amines is 1. The summed E-state index contributed by atoms with van der Waals surface area (Å²) < 4.78 is 37.9. The summed E-state index contributed by atoms with van der Waals surface area (Å²) in [6.07, 6.45) is -2.17. The van der Waals surface area contributed by atoms with Crippen LogP contribution in [0.2, 0.25) is 5.02 Å². The third-order valence-corrected chi connectivity index (χ3v) is 4.79. The van der Waals surface area contributed by atoms with Crippen molar-refractivity contribution in [3.05, 3.63) is 53.2 Å². The number of piperidine rings is 1. The van der Waals surface area contributed by atoms with Crippen LogP contribution in [0.5, 0.6) is 0 Å². The molecule has 0 bridgehead atoms. The molecule has 2 N–H and O–H groups in total. The van der Waals surface area contributed by atoms with Crippen LogP contribution >= 0.6 is 11.6 Å². The molecule has 0 radical (unpaired) electrons. The third kappa shape index (κ3) is 4.27. The number of amides is 1. The number of H-pyrrole nitrogens is 1. The highest BCUT2D eigenvalue weighted by Gasteiger charge is 2.33. The number of benzene rings is 1. The lowest BCUT2D eigenvalue weighted by molar-refractivity contribution is -0.367. The monoisotopic (exact) mass is 384 g/mol. The Morgan fingerprint density at radius 1 is 1.15 bits per heavy atom. The molecule has 1 amide bonds. The standard InChI is InChI=1S/C18H17ClF3N3O/c19-14-3-1-2-4-15(14)24-17(26)12-7-9-25(10-8-12)16-6-5-13(11-23-16)18(20,21)22/h1-6,11-12H,7-10H2,(H,24,26)/p+1. The van der Waals surface area contributed by atoms with E-state index in [0.717, 1.165) is 12.3 Å². The van der Waals surface area contributed by atoms with Gasteiger partial charge in [-0.1, -0.05) is 23.7 Å². The van der Waals surface area contributed by atoms with Gasteiger partial charge in [-0.25, -0.2) is 4.98 Å². The number of carbonyl (C=O) groups is 1. The first-order chi connectivity index (χ1) is 12.3. The Morgan fingerprint density at radius 3 is 2.42 bits per heavy atom. The van der Waals surface area contributed by atoms with Gasteiger partial charge in [0.25, 0.3) is 5.82 Å². The van der Waals surface area contributed by atoms with E-state index in [1.165, 1.54) is 6.07 Å². The van der Waals surface area contributed by atoms with Crippen molar-refractivity contribution in [2.45, 2.75) is 19.0 Å². The van der Waals surface area contributed by atoms with E-state index in [1.807, 2.05) is 4.90 Å². The van der Waals surface area contributed by atoms with Gasteiger partial charge in [0, 0.05) is 12.0 Å². The minimum Gasteiger partial charge on any atom is -0.325 e. The summed E-state index contributed by atoms with van der Waals surface area (Å²) in [5, 5.41) is 3.32. The topological polar surface area (TPSA) is 46.5 Å². The number of pyridine rings is 1. The number of carbonyl (C=O) groups excluding carboxylic acids is 1. The summed E-state index contributed by atoms with van der Waals surface area (Å²) in [5.41, 5.74) is -0.132. The minimum atomic E-state index is -4.36. The van der Waals surface area contributed by atoms with Gasteiger partial charge in [-0.15, -0.1) is 0 Å². The van der Waals surface area contributed by atoms with Crippen LogP contribution in [0.1, 0.15) is 18.4 Å². The normalized spacial score (nSPS) is 15.8. The third-order valence-electron chi connectivity index (χ3n) is 4.46. The van der Waals surface area contributed by atoms with E-state index in [9.17, 15) is 18.0 Å². The highest BCUT2D eigenvalue weighted by Crippen LogP contribution is 2.29. The quantitative estimate of drug-likeness (QED) is 0.868. The molecule has 3 rings (SSSR count). The van der Waals surface area contributed by atoms with Crippen LogP contribution in [0.4, 0.5) is 24.7 Å². The molecule has 1 saturated heterocycles. The fourth-order valence-electron chi connectivity index (χ4n) is 2.97. The molecule has 1 fully saturated rings. The first-order valence-corrected chi connectivity index (χ1v) is 8.61. The van der Waals surface area contributed by atoms with Crippen molar-refractivity contribution in [3.63, 3.8) is 0 Å². The Balaban J connectivity index is 1.57. The first-order valence-electron chi connectivity index (χ1n) is 8.24. The van der Waals surface area contributed by atoms with Crippen molar-refractivity contribution in [2.24, 2.45) is 5.92 Å². The number of para-hydroxylation sites is 1. The molecule has 0 atom stereocenters. The zero-order valence-electron chi connectivity index (χ0n) is 13.8. The van der Waals surface area contributed by atoms with Gasteiger partial charge >= 0.3 is 6.18 Å². The van der Waals surface area contributed by atoms with Crippen LogP contribution in [0, 0.1) is 5.92 Å². The van der Waals surface area contributed by atoms with Crippen molar-refractivity contribution >= 4 is 29.0 Å². The Kier molecular flexibility index (Phi) is 5.36. The molecule has 1 aliphatic rings. The number of aromatic nitrogens is 1. The molecule has 1 aliphatic heterocycles. The Labute approximate surface area is 154 Å². The van der Waals surface area contributed by atoms with Crippen molar-refractivity contribution in [1.29, 1.82) is 0 Å². The molecule has 26 heavy (non-hydrogen) atoms. The molecular weight excluding hydrogens is 367 g/mol. The van der Waals surface area contributed by atoms with Crippen LogP contribution in [-0.2, 0) is 11.0 Å². The van der Waals surface area contributed by atoms with E-state index in [-0.39, 0.29) is 11.8 Å². The molecule has 0 spiro atoms. The van der Waals surface area contributed by atoms with Gasteiger partial charge in [-0.3, -0.25) is 9.69 Å². The first kappa shape index (κ1) is 18.5. The summed E-state index contributed by atoms with van der Waals surface area (Å²) in [6.45, 7) is 1.17. The molecule has 0 aliphatic carbocycles. The van der Waals surface area contributed by atoms with Crippen LogP contribution in [0.15, 0.2) is 42.6 Å². The van der Waals surface area contributed by atoms with Gasteiger partial charge in [0.1, 0.15) is 6.20 Å². The average Bonchev–Trinajstić information content (AvgIpc) is 2.63. The predicted octanol–water partition coefficient (Wildman–Crippen LogP) is 4.03. The van der Waals surface area contributed by atoms with E-state index in [4.69, 9.17) is 11.6 Å². The molecule has 1 aromatic heterocycles. The van der Waals surface area contributed by atoms with Gasteiger partial charge < -0.3 is 5.32 Å². The van der Waals surface area contributed by atoms with Gasteiger partial charge in [0.15, 0.2) is 0 Å². The molecular formula is C18H18ClF3N3O+. The molecule has 0 saturated carbocycles. The summed E-state index contributed by atoms with van der Waals surface area (Å²) >= 11 is 6.05. The van der Waals surface area contributed by atoms with Crippen LogP contribution in [-0.4, -0.2) is 19.0 Å². The fourth-order valence-corrected chi connectivity index (χ4v) is 3.15. The van der Waals surface area contributed by atoms with Crippen molar-refractivity contribution in [2.75, 3.05) is 23.3 Å². The lowest BCUT2D eigenvalue weighted by Gasteiger charge is -2.27. The van der Waals surface area contributed by atoms with Crippen molar-refractivity contribution in [1.82, 2.24) is 0 Å². The summed E-state index contributed by atoms with van der Waals surface area (Å²) in [7, 11) is 0. The maximum absolute atomic E-state index is 12.6. The largest absolute Gasteiger partial charge is 0.419 e. The zero-order valence-corrected chi connectivity index (χ0v) is 14.6. The van der Waals surface area contributed by atoms with Crippen molar-refractivity contribution < 1.29 is 22.9 Å². The maximum Gasteiger partial charge on any atom is 0.419 e. The average molecular weight is 385 g/mol. The number of anilines is 2. The highest BCUT2D eigenvalue weighted by molar-refractivity contribution is 6.33. The van der Waals surface area contributed by atoms with Crippen LogP contribution < -0.4 is 15.2 Å². The number of nitrogens with one attached hydrogen (secondary N) is 2. The highest BCUT2D eigenvalue weighted by atomic mass is 35.5. The van der Waals surface area contributed by atoms with Gasteiger partial charge in [0.05, 0.1) is 29.4 Å². The number of hydrogen-bond acceptors (Lipinski definition) is 2. The minimum absolute atomic E-state index is 0.0888. The molecule has 4 nitrogen and oxygen atoms in total. The second-order valence-electron chi connectivity index (χ2n) is 6.19. The number of nitrogens with zero attached hydrogens (tertiary/aromatic N) is 1. The van der Waals surface area contributed by atoms with E-state index >= 15 is 0 Å². The van der Waals surface area contributed by atoms with Crippen molar-refractivity contribution in [3.8, 4) is 0 Å². The smallest absolute Gasteiger partial charge is 0.325 e. The Bertz CT molecular complexity index is 772.